The van der Waals surface area contributed by atoms with Gasteiger partial charge in [-0.05, 0) is 47.0 Å². The SMILES string of the molecule is COc1ccc(Br)c(C(=O)N(CC(=O)O)C2CCOCC2)c1. The van der Waals surface area contributed by atoms with Gasteiger partial charge in [-0.25, -0.2) is 0 Å². The van der Waals surface area contributed by atoms with Crippen molar-refractivity contribution in [2.45, 2.75) is 18.9 Å². The molecule has 1 fully saturated rings. The number of rotatable bonds is 5. The van der Waals surface area contributed by atoms with Gasteiger partial charge >= 0.3 is 5.97 Å². The minimum absolute atomic E-state index is 0.129. The molecule has 0 radical (unpaired) electrons. The van der Waals surface area contributed by atoms with Crippen LogP contribution in [-0.4, -0.2) is 54.8 Å². The Morgan fingerprint density at radius 2 is 2.09 bits per heavy atom. The van der Waals surface area contributed by atoms with E-state index in [1.54, 1.807) is 18.2 Å². The minimum atomic E-state index is -1.03. The van der Waals surface area contributed by atoms with Crippen LogP contribution in [0.15, 0.2) is 22.7 Å². The second kappa shape index (κ2) is 7.60. The molecule has 0 unspecified atom stereocenters. The zero-order chi connectivity index (χ0) is 16.1. The number of carbonyl (C=O) groups is 2. The molecule has 7 heteroatoms. The number of methoxy groups -OCH3 is 1. The summed E-state index contributed by atoms with van der Waals surface area (Å²) in [4.78, 5) is 25.3. The molecule has 0 saturated carbocycles. The molecule has 1 amide bonds. The van der Waals surface area contributed by atoms with Gasteiger partial charge in [0, 0.05) is 23.7 Å². The van der Waals surface area contributed by atoms with Crippen molar-refractivity contribution >= 4 is 27.8 Å². The first kappa shape index (κ1) is 16.8. The molecule has 0 atom stereocenters. The number of carbonyl (C=O) groups excluding carboxylic acids is 1. The molecule has 1 aromatic carbocycles. The average molecular weight is 372 g/mol. The molecule has 6 nitrogen and oxygen atoms in total. The van der Waals surface area contributed by atoms with E-state index in [1.165, 1.54) is 12.0 Å². The Labute approximate surface area is 137 Å². The van der Waals surface area contributed by atoms with Gasteiger partial charge in [-0.1, -0.05) is 0 Å². The third-order valence-corrected chi connectivity index (χ3v) is 4.29. The van der Waals surface area contributed by atoms with Crippen molar-refractivity contribution in [1.82, 2.24) is 4.90 Å². The summed E-state index contributed by atoms with van der Waals surface area (Å²) in [6.07, 6.45) is 1.28. The third kappa shape index (κ3) is 3.98. The topological polar surface area (TPSA) is 76.1 Å². The van der Waals surface area contributed by atoms with E-state index in [4.69, 9.17) is 14.6 Å². The van der Waals surface area contributed by atoms with E-state index in [-0.39, 0.29) is 18.5 Å². The van der Waals surface area contributed by atoms with Crippen LogP contribution in [0.1, 0.15) is 23.2 Å². The van der Waals surface area contributed by atoms with Crippen molar-refractivity contribution in [2.75, 3.05) is 26.9 Å². The number of carboxylic acids is 1. The number of amides is 1. The Morgan fingerprint density at radius 1 is 1.41 bits per heavy atom. The van der Waals surface area contributed by atoms with E-state index >= 15 is 0 Å². The number of benzene rings is 1. The van der Waals surface area contributed by atoms with Crippen molar-refractivity contribution in [3.8, 4) is 5.75 Å². The minimum Gasteiger partial charge on any atom is -0.497 e. The zero-order valence-electron chi connectivity index (χ0n) is 12.3. The second-order valence-corrected chi connectivity index (χ2v) is 5.87. The number of halogens is 1. The van der Waals surface area contributed by atoms with Gasteiger partial charge in [0.05, 0.1) is 12.7 Å². The molecular formula is C15H18BrNO5. The molecule has 1 aliphatic rings. The molecule has 1 aliphatic heterocycles. The average Bonchev–Trinajstić information content (AvgIpc) is 2.53. The van der Waals surface area contributed by atoms with Gasteiger partial charge in [0.1, 0.15) is 12.3 Å². The summed E-state index contributed by atoms with van der Waals surface area (Å²) in [5.74, 6) is -0.798. The second-order valence-electron chi connectivity index (χ2n) is 5.02. The van der Waals surface area contributed by atoms with Crippen LogP contribution < -0.4 is 4.74 Å². The number of hydrogen-bond acceptors (Lipinski definition) is 4. The largest absolute Gasteiger partial charge is 0.497 e. The number of aliphatic carboxylic acids is 1. The summed E-state index contributed by atoms with van der Waals surface area (Å²) in [5, 5.41) is 9.12. The molecule has 0 aliphatic carbocycles. The monoisotopic (exact) mass is 371 g/mol. The predicted molar refractivity (Wildman–Crippen MR) is 83.2 cm³/mol. The van der Waals surface area contributed by atoms with Crippen molar-refractivity contribution in [3.05, 3.63) is 28.2 Å². The molecule has 22 heavy (non-hydrogen) atoms. The Morgan fingerprint density at radius 3 is 2.68 bits per heavy atom. The van der Waals surface area contributed by atoms with Crippen molar-refractivity contribution < 1.29 is 24.2 Å². The first-order valence-electron chi connectivity index (χ1n) is 6.97. The predicted octanol–water partition coefficient (Wildman–Crippen LogP) is 2.16. The molecule has 1 aromatic rings. The van der Waals surface area contributed by atoms with Gasteiger partial charge in [-0.2, -0.15) is 0 Å². The lowest BCUT2D eigenvalue weighted by molar-refractivity contribution is -0.138. The maximum absolute atomic E-state index is 12.8. The van der Waals surface area contributed by atoms with Crippen LogP contribution in [-0.2, 0) is 9.53 Å². The van der Waals surface area contributed by atoms with Gasteiger partial charge in [0.25, 0.3) is 5.91 Å². The standard InChI is InChI=1S/C15H18BrNO5/c1-21-11-2-3-13(16)12(8-11)15(20)17(9-14(18)19)10-4-6-22-7-5-10/h2-3,8,10H,4-7,9H2,1H3,(H,18,19). The molecule has 1 N–H and O–H groups in total. The van der Waals surface area contributed by atoms with Crippen molar-refractivity contribution in [3.63, 3.8) is 0 Å². The summed E-state index contributed by atoms with van der Waals surface area (Å²) in [7, 11) is 1.52. The summed E-state index contributed by atoms with van der Waals surface area (Å²) in [6.45, 7) is 0.744. The lowest BCUT2D eigenvalue weighted by atomic mass is 10.1. The summed E-state index contributed by atoms with van der Waals surface area (Å²) in [6, 6.07) is 4.93. The normalized spacial score (nSPS) is 15.4. The highest BCUT2D eigenvalue weighted by atomic mass is 79.9. The van der Waals surface area contributed by atoms with E-state index in [0.29, 0.717) is 41.8 Å². The number of ether oxygens (including phenoxy) is 2. The lowest BCUT2D eigenvalue weighted by Gasteiger charge is -2.33. The van der Waals surface area contributed by atoms with Crippen LogP contribution in [0.5, 0.6) is 5.75 Å². The van der Waals surface area contributed by atoms with Crippen molar-refractivity contribution in [1.29, 1.82) is 0 Å². The summed E-state index contributed by atoms with van der Waals surface area (Å²) in [5.41, 5.74) is 0.395. The molecule has 2 rings (SSSR count). The molecule has 0 bridgehead atoms. The van der Waals surface area contributed by atoms with Crippen LogP contribution in [0, 0.1) is 0 Å². The van der Waals surface area contributed by atoms with Crippen LogP contribution in [0.25, 0.3) is 0 Å². The van der Waals surface area contributed by atoms with E-state index in [0.717, 1.165) is 0 Å². The maximum atomic E-state index is 12.8. The molecule has 1 heterocycles. The van der Waals surface area contributed by atoms with E-state index < -0.39 is 5.97 Å². The molecule has 1 saturated heterocycles. The Balaban J connectivity index is 2.29. The van der Waals surface area contributed by atoms with E-state index in [1.807, 2.05) is 0 Å². The highest BCUT2D eigenvalue weighted by molar-refractivity contribution is 9.10. The number of hydrogen-bond donors (Lipinski definition) is 1. The third-order valence-electron chi connectivity index (χ3n) is 3.60. The molecule has 0 spiro atoms. The summed E-state index contributed by atoms with van der Waals surface area (Å²) < 4.78 is 11.0. The number of carboxylic acid groups (broad SMARTS) is 1. The highest BCUT2D eigenvalue weighted by Crippen LogP contribution is 2.26. The Bertz CT molecular complexity index is 557. The maximum Gasteiger partial charge on any atom is 0.323 e. The first-order chi connectivity index (χ1) is 10.5. The quantitative estimate of drug-likeness (QED) is 0.858. The van der Waals surface area contributed by atoms with Gasteiger partial charge in [0.15, 0.2) is 0 Å². The van der Waals surface area contributed by atoms with Crippen LogP contribution in [0.2, 0.25) is 0 Å². The highest BCUT2D eigenvalue weighted by Gasteiger charge is 2.29. The molecule has 0 aromatic heterocycles. The Hall–Kier alpha value is -1.60. The van der Waals surface area contributed by atoms with Crippen molar-refractivity contribution in [2.24, 2.45) is 0 Å². The fourth-order valence-corrected chi connectivity index (χ4v) is 2.88. The first-order valence-corrected chi connectivity index (χ1v) is 7.76. The summed E-state index contributed by atoms with van der Waals surface area (Å²) >= 11 is 3.34. The fourth-order valence-electron chi connectivity index (χ4n) is 2.46. The van der Waals surface area contributed by atoms with E-state index in [9.17, 15) is 9.59 Å². The van der Waals surface area contributed by atoms with Crippen LogP contribution in [0.4, 0.5) is 0 Å². The van der Waals surface area contributed by atoms with Gasteiger partial charge < -0.3 is 19.5 Å². The Kier molecular flexibility index (Phi) is 5.79. The van der Waals surface area contributed by atoms with Gasteiger partial charge in [0.2, 0.25) is 0 Å². The fraction of sp³-hybridized carbons (Fsp3) is 0.467. The molecule has 120 valence electrons. The van der Waals surface area contributed by atoms with Crippen LogP contribution >= 0.6 is 15.9 Å². The van der Waals surface area contributed by atoms with Gasteiger partial charge in [-0.15, -0.1) is 0 Å². The zero-order valence-corrected chi connectivity index (χ0v) is 13.8. The molecular weight excluding hydrogens is 354 g/mol. The van der Waals surface area contributed by atoms with Crippen LogP contribution in [0.3, 0.4) is 0 Å². The number of nitrogens with zero attached hydrogens (tertiary/aromatic N) is 1. The van der Waals surface area contributed by atoms with E-state index in [2.05, 4.69) is 15.9 Å². The van der Waals surface area contributed by atoms with Gasteiger partial charge in [-0.3, -0.25) is 9.59 Å². The lowest BCUT2D eigenvalue weighted by Crippen LogP contribution is -2.46. The smallest absolute Gasteiger partial charge is 0.323 e.